The van der Waals surface area contributed by atoms with Crippen LogP contribution in [0.2, 0.25) is 0 Å². The number of hydrogen-bond acceptors (Lipinski definition) is 4. The molecule has 0 unspecified atom stereocenters. The lowest BCUT2D eigenvalue weighted by Crippen LogP contribution is -2.28. The molecule has 18 heavy (non-hydrogen) atoms. The van der Waals surface area contributed by atoms with Gasteiger partial charge < -0.3 is 5.73 Å². The third-order valence-electron chi connectivity index (χ3n) is 2.77. The SMILES string of the molecule is CSCCCN(C)S(=O)(=O)c1ccc(N)c(C)c1. The molecule has 0 aliphatic carbocycles. The minimum absolute atomic E-state index is 0.306. The van der Waals surface area contributed by atoms with Gasteiger partial charge in [-0.2, -0.15) is 11.8 Å². The number of aryl methyl sites for hydroxylation is 1. The van der Waals surface area contributed by atoms with Crippen molar-refractivity contribution >= 4 is 27.5 Å². The monoisotopic (exact) mass is 288 g/mol. The van der Waals surface area contributed by atoms with E-state index in [1.165, 1.54) is 4.31 Å². The lowest BCUT2D eigenvalue weighted by Gasteiger charge is -2.17. The van der Waals surface area contributed by atoms with Gasteiger partial charge in [-0.25, -0.2) is 12.7 Å². The fourth-order valence-corrected chi connectivity index (χ4v) is 3.25. The van der Waals surface area contributed by atoms with Crippen molar-refractivity contribution in [3.8, 4) is 0 Å². The molecule has 0 aliphatic rings. The van der Waals surface area contributed by atoms with Gasteiger partial charge in [-0.3, -0.25) is 0 Å². The molecule has 0 radical (unpaired) electrons. The van der Waals surface area contributed by atoms with E-state index in [1.807, 2.05) is 13.2 Å². The number of nitrogens with zero attached hydrogens (tertiary/aromatic N) is 1. The minimum atomic E-state index is -3.39. The van der Waals surface area contributed by atoms with E-state index in [0.717, 1.165) is 17.7 Å². The van der Waals surface area contributed by atoms with Crippen LogP contribution in [0.25, 0.3) is 0 Å². The topological polar surface area (TPSA) is 63.4 Å². The van der Waals surface area contributed by atoms with Crippen LogP contribution in [0.1, 0.15) is 12.0 Å². The van der Waals surface area contributed by atoms with Crippen molar-refractivity contribution in [1.82, 2.24) is 4.31 Å². The van der Waals surface area contributed by atoms with E-state index in [9.17, 15) is 8.42 Å². The molecule has 0 amide bonds. The Morgan fingerprint density at radius 2 is 2.06 bits per heavy atom. The Balaban J connectivity index is 2.88. The Kier molecular flexibility index (Phi) is 5.49. The van der Waals surface area contributed by atoms with Gasteiger partial charge in [-0.1, -0.05) is 0 Å². The molecule has 1 aromatic rings. The molecule has 0 aliphatic heterocycles. The fraction of sp³-hybridized carbons (Fsp3) is 0.500. The largest absolute Gasteiger partial charge is 0.399 e. The van der Waals surface area contributed by atoms with E-state index in [1.54, 1.807) is 37.0 Å². The molecule has 0 aromatic heterocycles. The molecule has 6 heteroatoms. The Hall–Kier alpha value is -0.720. The quantitative estimate of drug-likeness (QED) is 0.642. The summed E-state index contributed by atoms with van der Waals surface area (Å²) >= 11 is 1.72. The van der Waals surface area contributed by atoms with Crippen LogP contribution >= 0.6 is 11.8 Å². The highest BCUT2D eigenvalue weighted by molar-refractivity contribution is 7.98. The van der Waals surface area contributed by atoms with Gasteiger partial charge in [0.2, 0.25) is 10.0 Å². The Morgan fingerprint density at radius 3 is 2.61 bits per heavy atom. The zero-order chi connectivity index (χ0) is 13.8. The zero-order valence-corrected chi connectivity index (χ0v) is 12.6. The highest BCUT2D eigenvalue weighted by atomic mass is 32.2. The molecule has 0 bridgehead atoms. The second-order valence-corrected chi connectivity index (χ2v) is 7.22. The average molecular weight is 288 g/mol. The Morgan fingerprint density at radius 1 is 1.39 bits per heavy atom. The summed E-state index contributed by atoms with van der Waals surface area (Å²) in [7, 11) is -1.78. The fourth-order valence-electron chi connectivity index (χ4n) is 1.54. The Bertz CT molecular complexity index is 501. The van der Waals surface area contributed by atoms with Crippen molar-refractivity contribution in [3.63, 3.8) is 0 Å². The van der Waals surface area contributed by atoms with E-state index < -0.39 is 10.0 Å². The maximum atomic E-state index is 12.3. The predicted molar refractivity (Wildman–Crippen MR) is 78.4 cm³/mol. The number of sulfonamides is 1. The van der Waals surface area contributed by atoms with Crippen LogP contribution in [-0.2, 0) is 10.0 Å². The van der Waals surface area contributed by atoms with Crippen molar-refractivity contribution in [2.24, 2.45) is 0 Å². The summed E-state index contributed by atoms with van der Waals surface area (Å²) in [5.41, 5.74) is 7.09. The first kappa shape index (κ1) is 15.3. The molecule has 1 aromatic carbocycles. The summed E-state index contributed by atoms with van der Waals surface area (Å²) in [4.78, 5) is 0.306. The molecule has 0 saturated carbocycles. The van der Waals surface area contributed by atoms with Crippen LogP contribution in [-0.4, -0.2) is 38.3 Å². The first-order chi connectivity index (χ1) is 8.39. The van der Waals surface area contributed by atoms with E-state index in [2.05, 4.69) is 0 Å². The third kappa shape index (κ3) is 3.63. The van der Waals surface area contributed by atoms with Crippen LogP contribution in [0.3, 0.4) is 0 Å². The number of nitrogens with two attached hydrogens (primary N) is 1. The summed E-state index contributed by atoms with van der Waals surface area (Å²) in [5, 5.41) is 0. The number of anilines is 1. The normalized spacial score (nSPS) is 12.0. The maximum Gasteiger partial charge on any atom is 0.242 e. The van der Waals surface area contributed by atoms with E-state index >= 15 is 0 Å². The van der Waals surface area contributed by atoms with Crippen molar-refractivity contribution in [2.45, 2.75) is 18.2 Å². The predicted octanol–water partition coefficient (Wildman–Crippen LogP) is 1.95. The molecular formula is C12H20N2O2S2. The summed E-state index contributed by atoms with van der Waals surface area (Å²) in [5.74, 6) is 0.959. The first-order valence-electron chi connectivity index (χ1n) is 5.71. The van der Waals surface area contributed by atoms with Crippen molar-refractivity contribution < 1.29 is 8.42 Å². The first-order valence-corrected chi connectivity index (χ1v) is 8.54. The number of hydrogen-bond donors (Lipinski definition) is 1. The van der Waals surface area contributed by atoms with Crippen molar-refractivity contribution in [3.05, 3.63) is 23.8 Å². The van der Waals surface area contributed by atoms with Crippen LogP contribution in [0, 0.1) is 6.92 Å². The molecule has 102 valence electrons. The summed E-state index contributed by atoms with van der Waals surface area (Å²) in [6.45, 7) is 2.34. The van der Waals surface area contributed by atoms with Gasteiger partial charge in [0.1, 0.15) is 0 Å². The summed E-state index contributed by atoms with van der Waals surface area (Å²) < 4.78 is 25.9. The molecule has 2 N–H and O–H groups in total. The molecule has 0 saturated heterocycles. The highest BCUT2D eigenvalue weighted by Crippen LogP contribution is 2.19. The van der Waals surface area contributed by atoms with E-state index in [-0.39, 0.29) is 0 Å². The van der Waals surface area contributed by atoms with E-state index in [0.29, 0.717) is 17.1 Å². The number of nitrogen functional groups attached to an aromatic ring is 1. The van der Waals surface area contributed by atoms with E-state index in [4.69, 9.17) is 5.73 Å². The van der Waals surface area contributed by atoms with Crippen LogP contribution < -0.4 is 5.73 Å². The van der Waals surface area contributed by atoms with Gasteiger partial charge in [0.15, 0.2) is 0 Å². The van der Waals surface area contributed by atoms with Crippen molar-refractivity contribution in [1.29, 1.82) is 0 Å². The zero-order valence-electron chi connectivity index (χ0n) is 11.0. The van der Waals surface area contributed by atoms with Gasteiger partial charge in [0.25, 0.3) is 0 Å². The van der Waals surface area contributed by atoms with Gasteiger partial charge in [0.05, 0.1) is 4.90 Å². The molecule has 0 spiro atoms. The smallest absolute Gasteiger partial charge is 0.242 e. The highest BCUT2D eigenvalue weighted by Gasteiger charge is 2.20. The Labute approximate surface area is 114 Å². The van der Waals surface area contributed by atoms with Crippen LogP contribution in [0.15, 0.2) is 23.1 Å². The van der Waals surface area contributed by atoms with Gasteiger partial charge in [0, 0.05) is 19.3 Å². The summed E-state index contributed by atoms with van der Waals surface area (Å²) in [6.07, 6.45) is 2.86. The summed E-state index contributed by atoms with van der Waals surface area (Å²) in [6, 6.07) is 4.82. The lowest BCUT2D eigenvalue weighted by molar-refractivity contribution is 0.469. The second kappa shape index (κ2) is 6.45. The van der Waals surface area contributed by atoms with Crippen LogP contribution in [0.4, 0.5) is 5.69 Å². The van der Waals surface area contributed by atoms with Gasteiger partial charge in [-0.15, -0.1) is 0 Å². The number of rotatable bonds is 6. The number of benzene rings is 1. The second-order valence-electron chi connectivity index (χ2n) is 4.19. The molecule has 0 heterocycles. The maximum absolute atomic E-state index is 12.3. The van der Waals surface area contributed by atoms with Gasteiger partial charge >= 0.3 is 0 Å². The third-order valence-corrected chi connectivity index (χ3v) is 5.32. The molecule has 0 atom stereocenters. The average Bonchev–Trinajstić information content (AvgIpc) is 2.32. The van der Waals surface area contributed by atoms with Crippen LogP contribution in [0.5, 0.6) is 0 Å². The van der Waals surface area contributed by atoms with Gasteiger partial charge in [-0.05, 0) is 49.1 Å². The number of thioether (sulfide) groups is 1. The molecule has 0 fully saturated rings. The molecule has 1 rings (SSSR count). The standard InChI is InChI=1S/C12H20N2O2S2/c1-10-9-11(5-6-12(10)13)18(15,16)14(2)7-4-8-17-3/h5-6,9H,4,7-8,13H2,1-3H3. The van der Waals surface area contributed by atoms with Crippen molar-refractivity contribution in [2.75, 3.05) is 31.3 Å². The molecule has 4 nitrogen and oxygen atoms in total. The lowest BCUT2D eigenvalue weighted by atomic mass is 10.2. The minimum Gasteiger partial charge on any atom is -0.399 e. The molecular weight excluding hydrogens is 268 g/mol.